The molecule has 1 heterocycles. The molecule has 0 N–H and O–H groups in total. The molecule has 1 fully saturated rings. The van der Waals surface area contributed by atoms with Crippen molar-refractivity contribution < 1.29 is 16.8 Å². The highest BCUT2D eigenvalue weighted by atomic mass is 32.2. The molecule has 1 aliphatic rings. The highest BCUT2D eigenvalue weighted by Crippen LogP contribution is 2.29. The van der Waals surface area contributed by atoms with E-state index in [4.69, 9.17) is 0 Å². The molecule has 1 aliphatic heterocycles. The van der Waals surface area contributed by atoms with E-state index >= 15 is 0 Å². The molecule has 1 unspecified atom stereocenters. The molecule has 0 radical (unpaired) electrons. The lowest BCUT2D eigenvalue weighted by Gasteiger charge is -2.17. The van der Waals surface area contributed by atoms with Crippen molar-refractivity contribution in [3.8, 4) is 11.1 Å². The van der Waals surface area contributed by atoms with Gasteiger partial charge in [-0.2, -0.15) is 4.31 Å². The number of sulfonamides is 1. The van der Waals surface area contributed by atoms with E-state index in [0.29, 0.717) is 0 Å². The summed E-state index contributed by atoms with van der Waals surface area (Å²) in [4.78, 5) is 0.409. The summed E-state index contributed by atoms with van der Waals surface area (Å²) in [5.41, 5.74) is 1.73. The Kier molecular flexibility index (Phi) is 5.29. The molecule has 0 spiro atoms. The molecule has 3 aromatic rings. The fourth-order valence-corrected chi connectivity index (χ4v) is 6.94. The van der Waals surface area contributed by atoms with E-state index in [9.17, 15) is 16.8 Å². The Bertz CT molecular complexity index is 1210. The van der Waals surface area contributed by atoms with Crippen molar-refractivity contribution in [1.82, 2.24) is 4.31 Å². The Balaban J connectivity index is 1.60. The van der Waals surface area contributed by atoms with Gasteiger partial charge in [-0.15, -0.1) is 0 Å². The average Bonchev–Trinajstić information content (AvgIpc) is 3.27. The van der Waals surface area contributed by atoms with Crippen molar-refractivity contribution in [2.24, 2.45) is 0 Å². The Morgan fingerprint density at radius 1 is 0.690 bits per heavy atom. The van der Waals surface area contributed by atoms with Crippen LogP contribution in [0.1, 0.15) is 6.42 Å². The summed E-state index contributed by atoms with van der Waals surface area (Å²) >= 11 is 0. The monoisotopic (exact) mass is 427 g/mol. The van der Waals surface area contributed by atoms with Crippen molar-refractivity contribution in [2.45, 2.75) is 21.5 Å². The highest BCUT2D eigenvalue weighted by molar-refractivity contribution is 7.92. The smallest absolute Gasteiger partial charge is 0.223 e. The zero-order valence-corrected chi connectivity index (χ0v) is 17.3. The van der Waals surface area contributed by atoms with Gasteiger partial charge in [-0.05, 0) is 41.8 Å². The van der Waals surface area contributed by atoms with Gasteiger partial charge in [0, 0.05) is 13.1 Å². The van der Waals surface area contributed by atoms with E-state index in [1.165, 1.54) is 4.31 Å². The van der Waals surface area contributed by atoms with Gasteiger partial charge in [0.05, 0.1) is 15.0 Å². The number of hydrogen-bond acceptors (Lipinski definition) is 4. The Hall–Kier alpha value is -2.48. The van der Waals surface area contributed by atoms with Gasteiger partial charge in [-0.3, -0.25) is 0 Å². The van der Waals surface area contributed by atoms with E-state index < -0.39 is 25.1 Å². The quantitative estimate of drug-likeness (QED) is 0.624. The van der Waals surface area contributed by atoms with Crippen LogP contribution in [0.5, 0.6) is 0 Å². The maximum Gasteiger partial charge on any atom is 0.243 e. The van der Waals surface area contributed by atoms with E-state index in [1.54, 1.807) is 48.5 Å². The number of hydrogen-bond donors (Lipinski definition) is 0. The molecular weight excluding hydrogens is 406 g/mol. The van der Waals surface area contributed by atoms with Crippen LogP contribution in [0.3, 0.4) is 0 Å². The SMILES string of the molecule is O=S(=O)(c1ccccc1)C1CCN(S(=O)(=O)c2cccc(-c3ccccc3)c2)C1. The molecule has 150 valence electrons. The Labute approximate surface area is 171 Å². The lowest BCUT2D eigenvalue weighted by Crippen LogP contribution is -2.32. The third-order valence-corrected chi connectivity index (χ3v) is 9.25. The summed E-state index contributed by atoms with van der Waals surface area (Å²) in [7, 11) is -7.35. The minimum absolute atomic E-state index is 0.0326. The van der Waals surface area contributed by atoms with Crippen molar-refractivity contribution in [1.29, 1.82) is 0 Å². The van der Waals surface area contributed by atoms with Crippen LogP contribution >= 0.6 is 0 Å². The van der Waals surface area contributed by atoms with Crippen LogP contribution in [0, 0.1) is 0 Å². The average molecular weight is 428 g/mol. The van der Waals surface area contributed by atoms with Crippen LogP contribution in [-0.4, -0.2) is 39.5 Å². The fraction of sp³-hybridized carbons (Fsp3) is 0.182. The van der Waals surface area contributed by atoms with Crippen molar-refractivity contribution in [3.63, 3.8) is 0 Å². The summed E-state index contributed by atoms with van der Waals surface area (Å²) in [6.45, 7) is 0.157. The van der Waals surface area contributed by atoms with Crippen molar-refractivity contribution in [2.75, 3.05) is 13.1 Å². The van der Waals surface area contributed by atoms with Gasteiger partial charge in [-0.1, -0.05) is 60.7 Å². The molecule has 0 amide bonds. The summed E-state index contributed by atoms with van der Waals surface area (Å²) in [5.74, 6) is 0. The Morgan fingerprint density at radius 2 is 1.28 bits per heavy atom. The predicted octanol–water partition coefficient (Wildman–Crippen LogP) is 3.59. The molecule has 1 atom stereocenters. The third-order valence-electron chi connectivity index (χ3n) is 5.20. The summed E-state index contributed by atoms with van der Waals surface area (Å²) in [6.07, 6.45) is 0.287. The van der Waals surface area contributed by atoms with Crippen LogP contribution in [0.25, 0.3) is 11.1 Å². The number of rotatable bonds is 5. The molecule has 5 nitrogen and oxygen atoms in total. The molecule has 0 bridgehead atoms. The zero-order chi connectivity index (χ0) is 20.5. The number of nitrogens with zero attached hydrogens (tertiary/aromatic N) is 1. The molecule has 0 aromatic heterocycles. The van der Waals surface area contributed by atoms with E-state index in [0.717, 1.165) is 11.1 Å². The lowest BCUT2D eigenvalue weighted by molar-refractivity contribution is 0.476. The molecule has 29 heavy (non-hydrogen) atoms. The van der Waals surface area contributed by atoms with Crippen molar-refractivity contribution >= 4 is 19.9 Å². The third kappa shape index (κ3) is 3.85. The standard InChI is InChI=1S/C22H21NO4S2/c24-28(25,20-11-5-2-6-12-20)22-14-15-23(17-22)29(26,27)21-13-7-10-19(16-21)18-8-3-1-4-9-18/h1-13,16,22H,14-15,17H2. The van der Waals surface area contributed by atoms with Crippen LogP contribution in [0.15, 0.2) is 94.7 Å². The van der Waals surface area contributed by atoms with Gasteiger partial charge in [0.2, 0.25) is 10.0 Å². The van der Waals surface area contributed by atoms with E-state index in [1.807, 2.05) is 36.4 Å². The summed E-state index contributed by atoms with van der Waals surface area (Å²) in [5, 5.41) is -0.739. The largest absolute Gasteiger partial charge is 0.243 e. The first-order chi connectivity index (χ1) is 13.9. The first-order valence-corrected chi connectivity index (χ1v) is 12.3. The minimum atomic E-state index is -3.78. The van der Waals surface area contributed by atoms with E-state index in [-0.39, 0.29) is 29.3 Å². The zero-order valence-electron chi connectivity index (χ0n) is 15.7. The predicted molar refractivity (Wildman–Crippen MR) is 113 cm³/mol. The molecule has 1 saturated heterocycles. The second-order valence-electron chi connectivity index (χ2n) is 7.03. The van der Waals surface area contributed by atoms with Gasteiger partial charge in [0.25, 0.3) is 0 Å². The van der Waals surface area contributed by atoms with E-state index in [2.05, 4.69) is 0 Å². The molecule has 4 rings (SSSR count). The van der Waals surface area contributed by atoms with Crippen molar-refractivity contribution in [3.05, 3.63) is 84.9 Å². The summed E-state index contributed by atoms with van der Waals surface area (Å²) < 4.78 is 53.3. The maximum atomic E-state index is 13.2. The topological polar surface area (TPSA) is 71.5 Å². The normalized spacial score (nSPS) is 18.0. The highest BCUT2D eigenvalue weighted by Gasteiger charge is 2.39. The minimum Gasteiger partial charge on any atom is -0.223 e. The van der Waals surface area contributed by atoms with Gasteiger partial charge in [-0.25, -0.2) is 16.8 Å². The Morgan fingerprint density at radius 3 is 1.97 bits per heavy atom. The van der Waals surface area contributed by atoms with Crippen LogP contribution in [0.4, 0.5) is 0 Å². The second kappa shape index (κ2) is 7.74. The first-order valence-electron chi connectivity index (χ1n) is 9.33. The maximum absolute atomic E-state index is 13.2. The fourth-order valence-electron chi connectivity index (χ4n) is 3.59. The number of benzene rings is 3. The molecule has 0 saturated carbocycles. The lowest BCUT2D eigenvalue weighted by atomic mass is 10.1. The molecule has 0 aliphatic carbocycles. The van der Waals surface area contributed by atoms with Gasteiger partial charge in [0.15, 0.2) is 9.84 Å². The number of sulfone groups is 1. The molecule has 7 heteroatoms. The van der Waals surface area contributed by atoms with Crippen LogP contribution < -0.4 is 0 Å². The van der Waals surface area contributed by atoms with Crippen LogP contribution in [0.2, 0.25) is 0 Å². The van der Waals surface area contributed by atoms with Gasteiger partial charge >= 0.3 is 0 Å². The van der Waals surface area contributed by atoms with Crippen LogP contribution in [-0.2, 0) is 19.9 Å². The summed E-state index contributed by atoms with van der Waals surface area (Å²) in [6, 6.07) is 24.5. The molecular formula is C22H21NO4S2. The first kappa shape index (κ1) is 19.8. The van der Waals surface area contributed by atoms with Gasteiger partial charge < -0.3 is 0 Å². The second-order valence-corrected chi connectivity index (χ2v) is 11.2. The molecule has 3 aromatic carbocycles. The van der Waals surface area contributed by atoms with Gasteiger partial charge in [0.1, 0.15) is 0 Å².